The number of rotatable bonds is 6. The maximum atomic E-state index is 11.9. The van der Waals surface area contributed by atoms with Gasteiger partial charge in [-0.1, -0.05) is 36.7 Å². The van der Waals surface area contributed by atoms with Crippen molar-refractivity contribution in [2.45, 2.75) is 19.9 Å². The summed E-state index contributed by atoms with van der Waals surface area (Å²) in [6.07, 6.45) is 0.897. The second kappa shape index (κ2) is 7.33. The first-order chi connectivity index (χ1) is 10.1. The van der Waals surface area contributed by atoms with Crippen LogP contribution >= 0.6 is 22.9 Å². The van der Waals surface area contributed by atoms with Crippen LogP contribution in [0.15, 0.2) is 30.3 Å². The molecule has 0 aliphatic carbocycles. The molecule has 0 fully saturated rings. The van der Waals surface area contributed by atoms with Crippen LogP contribution in [-0.2, 0) is 6.54 Å². The van der Waals surface area contributed by atoms with Crippen LogP contribution in [-0.4, -0.2) is 12.5 Å². The van der Waals surface area contributed by atoms with E-state index in [1.54, 1.807) is 6.07 Å². The van der Waals surface area contributed by atoms with Gasteiger partial charge in [0.2, 0.25) is 0 Å². The van der Waals surface area contributed by atoms with Crippen LogP contribution in [0.5, 0.6) is 0 Å². The molecule has 112 valence electrons. The number of benzene rings is 1. The molecule has 0 aliphatic heterocycles. The molecule has 0 saturated heterocycles. The minimum atomic E-state index is -0.120. The predicted molar refractivity (Wildman–Crippen MR) is 90.1 cm³/mol. The van der Waals surface area contributed by atoms with E-state index in [-0.39, 0.29) is 5.91 Å². The van der Waals surface area contributed by atoms with Gasteiger partial charge in [-0.05, 0) is 24.1 Å². The molecule has 21 heavy (non-hydrogen) atoms. The molecular weight excluding hydrogens is 306 g/mol. The van der Waals surface area contributed by atoms with Crippen LogP contribution < -0.4 is 16.4 Å². The highest BCUT2D eigenvalue weighted by molar-refractivity contribution is 7.18. The number of halogens is 1. The van der Waals surface area contributed by atoms with Crippen molar-refractivity contribution < 1.29 is 4.79 Å². The highest BCUT2D eigenvalue weighted by Gasteiger charge is 2.13. The summed E-state index contributed by atoms with van der Waals surface area (Å²) in [5.74, 6) is -0.120. The Morgan fingerprint density at radius 1 is 1.38 bits per heavy atom. The summed E-state index contributed by atoms with van der Waals surface area (Å²) in [5.41, 5.74) is 7.39. The highest BCUT2D eigenvalue weighted by atomic mass is 35.5. The number of carbonyl (C=O) groups excluding carboxylic acids is 1. The molecule has 0 atom stereocenters. The molecule has 0 radical (unpaired) electrons. The van der Waals surface area contributed by atoms with Crippen LogP contribution in [0.4, 0.5) is 10.7 Å². The molecule has 0 saturated carbocycles. The van der Waals surface area contributed by atoms with E-state index in [2.05, 4.69) is 10.6 Å². The minimum absolute atomic E-state index is 0.120. The molecule has 2 aromatic rings. The number of carbonyl (C=O) groups is 1. The van der Waals surface area contributed by atoms with Crippen LogP contribution in [0.3, 0.4) is 0 Å². The van der Waals surface area contributed by atoms with Gasteiger partial charge in [-0.15, -0.1) is 11.3 Å². The van der Waals surface area contributed by atoms with Gasteiger partial charge < -0.3 is 16.4 Å². The van der Waals surface area contributed by atoms with Gasteiger partial charge in [0.25, 0.3) is 5.91 Å². The van der Waals surface area contributed by atoms with Crippen molar-refractivity contribution in [1.29, 1.82) is 0 Å². The summed E-state index contributed by atoms with van der Waals surface area (Å²) in [7, 11) is 0. The number of thiophene rings is 1. The Hall–Kier alpha value is -1.72. The number of hydrogen-bond acceptors (Lipinski definition) is 4. The summed E-state index contributed by atoms with van der Waals surface area (Å²) in [6, 6.07) is 9.43. The molecule has 4 nitrogen and oxygen atoms in total. The molecule has 1 aromatic carbocycles. The average Bonchev–Trinajstić information content (AvgIpc) is 2.85. The molecule has 4 N–H and O–H groups in total. The molecule has 0 aliphatic rings. The van der Waals surface area contributed by atoms with Crippen molar-refractivity contribution in [2.24, 2.45) is 0 Å². The van der Waals surface area contributed by atoms with Crippen LogP contribution in [0.25, 0.3) is 0 Å². The zero-order chi connectivity index (χ0) is 15.2. The summed E-state index contributed by atoms with van der Waals surface area (Å²) >= 11 is 7.46. The summed E-state index contributed by atoms with van der Waals surface area (Å²) in [5, 5.41) is 7.65. The fraction of sp³-hybridized carbons (Fsp3) is 0.267. The van der Waals surface area contributed by atoms with Gasteiger partial charge in [-0.2, -0.15) is 0 Å². The molecule has 2 rings (SSSR count). The van der Waals surface area contributed by atoms with Crippen molar-refractivity contribution in [3.63, 3.8) is 0 Å². The molecule has 1 aromatic heterocycles. The third-order valence-electron chi connectivity index (χ3n) is 2.91. The van der Waals surface area contributed by atoms with Gasteiger partial charge >= 0.3 is 0 Å². The van der Waals surface area contributed by atoms with Gasteiger partial charge in [0.1, 0.15) is 4.88 Å². The number of amides is 1. The third-order valence-corrected chi connectivity index (χ3v) is 4.39. The predicted octanol–water partition coefficient (Wildman–Crippen LogP) is 3.74. The molecule has 0 unspecified atom stereocenters. The summed E-state index contributed by atoms with van der Waals surface area (Å²) in [4.78, 5) is 12.5. The molecular formula is C15H18ClN3OS. The first-order valence-corrected chi connectivity index (χ1v) is 7.96. The standard InChI is InChI=1S/C15H18ClN3OS/c1-2-7-18-15(20)14-12(17)8-13(21-14)19-9-10-5-3-4-6-11(10)16/h3-6,8,19H,2,7,9,17H2,1H3,(H,18,20). The number of anilines is 2. The molecule has 1 amide bonds. The van der Waals surface area contributed by atoms with Gasteiger partial charge in [-0.3, -0.25) is 4.79 Å². The molecule has 0 spiro atoms. The second-order valence-electron chi connectivity index (χ2n) is 4.60. The van der Waals surface area contributed by atoms with Gasteiger partial charge in [0, 0.05) is 18.1 Å². The van der Waals surface area contributed by atoms with E-state index in [1.807, 2.05) is 31.2 Å². The van der Waals surface area contributed by atoms with E-state index >= 15 is 0 Å². The topological polar surface area (TPSA) is 67.2 Å². The Morgan fingerprint density at radius 3 is 2.86 bits per heavy atom. The third kappa shape index (κ3) is 4.12. The Morgan fingerprint density at radius 2 is 2.14 bits per heavy atom. The Labute approximate surface area is 133 Å². The van der Waals surface area contributed by atoms with Crippen molar-refractivity contribution in [2.75, 3.05) is 17.6 Å². The largest absolute Gasteiger partial charge is 0.397 e. The quantitative estimate of drug-likeness (QED) is 0.758. The van der Waals surface area contributed by atoms with E-state index in [1.165, 1.54) is 11.3 Å². The van der Waals surface area contributed by atoms with Gasteiger partial charge in [-0.25, -0.2) is 0 Å². The zero-order valence-electron chi connectivity index (χ0n) is 11.8. The molecule has 1 heterocycles. The lowest BCUT2D eigenvalue weighted by atomic mass is 10.2. The smallest absolute Gasteiger partial charge is 0.263 e. The normalized spacial score (nSPS) is 10.4. The summed E-state index contributed by atoms with van der Waals surface area (Å²) < 4.78 is 0. The lowest BCUT2D eigenvalue weighted by molar-refractivity contribution is 0.0958. The number of nitrogen functional groups attached to an aromatic ring is 1. The zero-order valence-corrected chi connectivity index (χ0v) is 13.4. The molecule has 0 bridgehead atoms. The second-order valence-corrected chi connectivity index (χ2v) is 6.06. The lowest BCUT2D eigenvalue weighted by Gasteiger charge is -2.05. The van der Waals surface area contributed by atoms with Crippen molar-refractivity contribution in [1.82, 2.24) is 5.32 Å². The van der Waals surface area contributed by atoms with Crippen molar-refractivity contribution in [3.05, 3.63) is 45.8 Å². The summed E-state index contributed by atoms with van der Waals surface area (Å²) in [6.45, 7) is 3.25. The van der Waals surface area contributed by atoms with E-state index in [9.17, 15) is 4.79 Å². The Balaban J connectivity index is 2.02. The fourth-order valence-electron chi connectivity index (χ4n) is 1.81. The maximum Gasteiger partial charge on any atom is 0.263 e. The first kappa shape index (κ1) is 15.7. The van der Waals surface area contributed by atoms with E-state index in [0.717, 1.165) is 22.0 Å². The van der Waals surface area contributed by atoms with Crippen LogP contribution in [0, 0.1) is 0 Å². The van der Waals surface area contributed by atoms with E-state index in [4.69, 9.17) is 17.3 Å². The van der Waals surface area contributed by atoms with Crippen LogP contribution in [0.2, 0.25) is 5.02 Å². The lowest BCUT2D eigenvalue weighted by Crippen LogP contribution is -2.23. The fourth-order valence-corrected chi connectivity index (χ4v) is 2.91. The number of nitrogens with two attached hydrogens (primary N) is 1. The minimum Gasteiger partial charge on any atom is -0.397 e. The van der Waals surface area contributed by atoms with Crippen LogP contribution in [0.1, 0.15) is 28.6 Å². The van der Waals surface area contributed by atoms with Crippen molar-refractivity contribution in [3.8, 4) is 0 Å². The highest BCUT2D eigenvalue weighted by Crippen LogP contribution is 2.30. The van der Waals surface area contributed by atoms with Gasteiger partial charge in [0.05, 0.1) is 10.7 Å². The average molecular weight is 324 g/mol. The van der Waals surface area contributed by atoms with Crippen molar-refractivity contribution >= 4 is 39.5 Å². The van der Waals surface area contributed by atoms with Gasteiger partial charge in [0.15, 0.2) is 0 Å². The SMILES string of the molecule is CCCNC(=O)c1sc(NCc2ccccc2Cl)cc1N. The Kier molecular flexibility index (Phi) is 5.47. The van der Waals surface area contributed by atoms with E-state index < -0.39 is 0 Å². The molecule has 6 heteroatoms. The van der Waals surface area contributed by atoms with E-state index in [0.29, 0.717) is 23.7 Å². The monoisotopic (exact) mass is 323 g/mol. The number of nitrogens with one attached hydrogen (secondary N) is 2. The number of hydrogen-bond donors (Lipinski definition) is 3. The maximum absolute atomic E-state index is 11.9. The Bertz CT molecular complexity index is 627. The first-order valence-electron chi connectivity index (χ1n) is 6.76.